The first-order chi connectivity index (χ1) is 8.65. The topological polar surface area (TPSA) is 86.9 Å². The molecule has 1 heterocycles. The van der Waals surface area contributed by atoms with Gasteiger partial charge in [-0.2, -0.15) is 0 Å². The first-order valence-electron chi connectivity index (χ1n) is 6.21. The number of carbonyl (C=O) groups is 1. The van der Waals surface area contributed by atoms with Crippen LogP contribution < -0.4 is 11.5 Å². The number of aromatic nitrogens is 2. The van der Waals surface area contributed by atoms with Crippen LogP contribution in [0.4, 0.5) is 5.95 Å². The molecular weight excluding hydrogens is 228 g/mol. The molecule has 4 N–H and O–H groups in total. The van der Waals surface area contributed by atoms with E-state index in [0.29, 0.717) is 5.95 Å². The second kappa shape index (κ2) is 4.01. The van der Waals surface area contributed by atoms with Crippen molar-refractivity contribution in [2.75, 3.05) is 5.73 Å². The molecule has 5 heteroatoms. The van der Waals surface area contributed by atoms with Crippen LogP contribution in [-0.2, 0) is 24.2 Å². The maximum absolute atomic E-state index is 11.1. The van der Waals surface area contributed by atoms with E-state index in [1.165, 1.54) is 24.0 Å². The predicted octanol–water partition coefficient (Wildman–Crippen LogP) is 0.983. The van der Waals surface area contributed by atoms with Gasteiger partial charge in [0, 0.05) is 0 Å². The summed E-state index contributed by atoms with van der Waals surface area (Å²) in [5, 5.41) is 0. The second-order valence-corrected chi connectivity index (χ2v) is 4.84. The van der Waals surface area contributed by atoms with Gasteiger partial charge in [-0.3, -0.25) is 4.79 Å². The highest BCUT2D eigenvalue weighted by Gasteiger charge is 2.15. The maximum atomic E-state index is 11.1. The molecule has 0 saturated carbocycles. The van der Waals surface area contributed by atoms with Crippen LogP contribution in [0.3, 0.4) is 0 Å². The Morgan fingerprint density at radius 1 is 1.28 bits per heavy atom. The third-order valence-corrected chi connectivity index (χ3v) is 3.56. The number of imidazole rings is 1. The molecule has 0 fully saturated rings. The Bertz CT molecular complexity index is 629. The van der Waals surface area contributed by atoms with Crippen LogP contribution in [0, 0.1) is 0 Å². The second-order valence-electron chi connectivity index (χ2n) is 4.84. The van der Waals surface area contributed by atoms with Crippen molar-refractivity contribution in [3.8, 4) is 0 Å². The highest BCUT2D eigenvalue weighted by atomic mass is 16.1. The summed E-state index contributed by atoms with van der Waals surface area (Å²) in [4.78, 5) is 15.4. The maximum Gasteiger partial charge on any atom is 0.237 e. The number of nitrogens with zero attached hydrogens (tertiary/aromatic N) is 2. The molecule has 94 valence electrons. The molecule has 18 heavy (non-hydrogen) atoms. The summed E-state index contributed by atoms with van der Waals surface area (Å²) < 4.78 is 1.69. The number of nitrogen functional groups attached to an aromatic ring is 1. The van der Waals surface area contributed by atoms with E-state index in [4.69, 9.17) is 11.5 Å². The number of aryl methyl sites for hydroxylation is 2. The number of hydrogen-bond donors (Lipinski definition) is 2. The smallest absolute Gasteiger partial charge is 0.237 e. The summed E-state index contributed by atoms with van der Waals surface area (Å²) in [7, 11) is 0. The van der Waals surface area contributed by atoms with Crippen LogP contribution >= 0.6 is 0 Å². The fraction of sp³-hybridized carbons (Fsp3) is 0.385. The van der Waals surface area contributed by atoms with Crippen LogP contribution in [0.2, 0.25) is 0 Å². The molecule has 5 nitrogen and oxygen atoms in total. The van der Waals surface area contributed by atoms with Crippen LogP contribution in [0.25, 0.3) is 11.0 Å². The molecule has 1 aliphatic carbocycles. The Morgan fingerprint density at radius 2 is 1.94 bits per heavy atom. The van der Waals surface area contributed by atoms with E-state index in [0.717, 1.165) is 23.9 Å². The van der Waals surface area contributed by atoms with Crippen molar-refractivity contribution in [1.29, 1.82) is 0 Å². The van der Waals surface area contributed by atoms with E-state index < -0.39 is 5.91 Å². The average Bonchev–Trinajstić information content (AvgIpc) is 2.62. The van der Waals surface area contributed by atoms with Gasteiger partial charge in [0.25, 0.3) is 0 Å². The predicted molar refractivity (Wildman–Crippen MR) is 70.0 cm³/mol. The number of amides is 1. The number of rotatable bonds is 2. The molecule has 0 spiro atoms. The average molecular weight is 244 g/mol. The third-order valence-electron chi connectivity index (χ3n) is 3.56. The van der Waals surface area contributed by atoms with E-state index in [1.54, 1.807) is 4.57 Å². The molecule has 1 amide bonds. The zero-order valence-corrected chi connectivity index (χ0v) is 10.1. The molecule has 0 atom stereocenters. The highest BCUT2D eigenvalue weighted by Crippen LogP contribution is 2.27. The van der Waals surface area contributed by atoms with Crippen LogP contribution in [0.1, 0.15) is 24.0 Å². The lowest BCUT2D eigenvalue weighted by atomic mass is 9.91. The van der Waals surface area contributed by atoms with Gasteiger partial charge in [-0.25, -0.2) is 4.98 Å². The Kier molecular flexibility index (Phi) is 2.47. The van der Waals surface area contributed by atoms with E-state index >= 15 is 0 Å². The lowest BCUT2D eigenvalue weighted by Crippen LogP contribution is -2.19. The number of carbonyl (C=O) groups excluding carboxylic acids is 1. The highest BCUT2D eigenvalue weighted by molar-refractivity contribution is 5.83. The molecule has 0 saturated heterocycles. The zero-order valence-electron chi connectivity index (χ0n) is 10.1. The minimum Gasteiger partial charge on any atom is -0.369 e. The summed E-state index contributed by atoms with van der Waals surface area (Å²) >= 11 is 0. The minimum atomic E-state index is -0.404. The van der Waals surface area contributed by atoms with Crippen molar-refractivity contribution in [2.45, 2.75) is 32.2 Å². The quantitative estimate of drug-likeness (QED) is 0.825. The summed E-state index contributed by atoms with van der Waals surface area (Å²) in [6, 6.07) is 4.20. The van der Waals surface area contributed by atoms with Gasteiger partial charge >= 0.3 is 0 Å². The molecule has 1 aromatic carbocycles. The van der Waals surface area contributed by atoms with Crippen LogP contribution in [0.15, 0.2) is 12.1 Å². The molecule has 0 unspecified atom stereocenters. The summed E-state index contributed by atoms with van der Waals surface area (Å²) in [6.07, 6.45) is 4.65. The van der Waals surface area contributed by atoms with Gasteiger partial charge in [0.2, 0.25) is 11.9 Å². The number of hydrogen-bond acceptors (Lipinski definition) is 3. The Balaban J connectivity index is 2.18. The fourth-order valence-electron chi connectivity index (χ4n) is 2.69. The van der Waals surface area contributed by atoms with Gasteiger partial charge in [-0.1, -0.05) is 0 Å². The van der Waals surface area contributed by atoms with Crippen molar-refractivity contribution < 1.29 is 4.79 Å². The molecular formula is C13H16N4O. The minimum absolute atomic E-state index is 0.0844. The molecule has 0 radical (unpaired) electrons. The third kappa shape index (κ3) is 1.72. The number of anilines is 1. The SMILES string of the molecule is NC(=O)Cn1c(N)nc2cc3c(cc21)CCCC3. The van der Waals surface area contributed by atoms with Gasteiger partial charge in [0.05, 0.1) is 11.0 Å². The summed E-state index contributed by atoms with van der Waals surface area (Å²) in [5.74, 6) is -0.0510. The number of benzene rings is 1. The summed E-state index contributed by atoms with van der Waals surface area (Å²) in [6.45, 7) is 0.0844. The standard InChI is InChI=1S/C13H16N4O/c14-12(18)7-17-11-6-9-4-2-1-3-8(9)5-10(11)16-13(17)15/h5-6H,1-4,7H2,(H2,14,18)(H2,15,16). The van der Waals surface area contributed by atoms with E-state index in [2.05, 4.69) is 17.1 Å². The monoisotopic (exact) mass is 244 g/mol. The number of fused-ring (bicyclic) bond motifs is 2. The number of nitrogens with two attached hydrogens (primary N) is 2. The van der Waals surface area contributed by atoms with Crippen LogP contribution in [0.5, 0.6) is 0 Å². The van der Waals surface area contributed by atoms with Gasteiger partial charge < -0.3 is 16.0 Å². The largest absolute Gasteiger partial charge is 0.369 e. The first kappa shape index (κ1) is 11.1. The van der Waals surface area contributed by atoms with Crippen LogP contribution in [-0.4, -0.2) is 15.5 Å². The zero-order chi connectivity index (χ0) is 12.7. The summed E-state index contributed by atoms with van der Waals surface area (Å²) in [5.41, 5.74) is 15.6. The Labute approximate surface area is 105 Å². The van der Waals surface area contributed by atoms with Crippen molar-refractivity contribution in [2.24, 2.45) is 5.73 Å². The van der Waals surface area contributed by atoms with Crippen molar-refractivity contribution in [3.05, 3.63) is 23.3 Å². The molecule has 2 aromatic rings. The van der Waals surface area contributed by atoms with Crippen molar-refractivity contribution in [1.82, 2.24) is 9.55 Å². The van der Waals surface area contributed by atoms with Gasteiger partial charge in [0.15, 0.2) is 0 Å². The Hall–Kier alpha value is -2.04. The van der Waals surface area contributed by atoms with E-state index in [1.807, 2.05) is 0 Å². The van der Waals surface area contributed by atoms with Gasteiger partial charge in [-0.15, -0.1) is 0 Å². The van der Waals surface area contributed by atoms with Gasteiger partial charge in [-0.05, 0) is 48.9 Å². The first-order valence-corrected chi connectivity index (χ1v) is 6.21. The lowest BCUT2D eigenvalue weighted by molar-refractivity contribution is -0.118. The van der Waals surface area contributed by atoms with E-state index in [9.17, 15) is 4.79 Å². The molecule has 0 aliphatic heterocycles. The molecule has 0 bridgehead atoms. The van der Waals surface area contributed by atoms with Gasteiger partial charge in [0.1, 0.15) is 6.54 Å². The van der Waals surface area contributed by atoms with Crippen molar-refractivity contribution in [3.63, 3.8) is 0 Å². The Morgan fingerprint density at radius 3 is 2.61 bits per heavy atom. The normalized spacial score (nSPS) is 14.7. The molecule has 1 aromatic heterocycles. The lowest BCUT2D eigenvalue weighted by Gasteiger charge is -2.15. The van der Waals surface area contributed by atoms with Crippen molar-refractivity contribution >= 4 is 22.9 Å². The molecule has 3 rings (SSSR count). The molecule has 1 aliphatic rings. The fourth-order valence-corrected chi connectivity index (χ4v) is 2.69. The number of primary amides is 1. The van der Waals surface area contributed by atoms with E-state index in [-0.39, 0.29) is 6.54 Å².